The van der Waals surface area contributed by atoms with Crippen molar-refractivity contribution < 1.29 is 19.7 Å². The van der Waals surface area contributed by atoms with Crippen molar-refractivity contribution >= 4 is 11.6 Å². The summed E-state index contributed by atoms with van der Waals surface area (Å²) in [5.74, 6) is -0.416. The zero-order chi connectivity index (χ0) is 27.5. The normalized spacial score (nSPS) is 19.6. The van der Waals surface area contributed by atoms with E-state index < -0.39 is 24.2 Å². The van der Waals surface area contributed by atoms with Crippen molar-refractivity contribution in [2.24, 2.45) is 5.73 Å². The highest BCUT2D eigenvalue weighted by Gasteiger charge is 2.36. The van der Waals surface area contributed by atoms with E-state index in [1.165, 1.54) is 0 Å². The van der Waals surface area contributed by atoms with Crippen LogP contribution in [0.15, 0.2) is 85.0 Å². The second-order valence-corrected chi connectivity index (χ2v) is 9.53. The van der Waals surface area contributed by atoms with Gasteiger partial charge in [0.15, 0.2) is 6.10 Å². The quantitative estimate of drug-likeness (QED) is 0.235. The molecule has 6 N–H and O–H groups in total. The molecule has 206 valence electrons. The van der Waals surface area contributed by atoms with Crippen molar-refractivity contribution in [1.29, 1.82) is 0 Å². The van der Waals surface area contributed by atoms with Crippen LogP contribution in [0, 0.1) is 0 Å². The van der Waals surface area contributed by atoms with Gasteiger partial charge in [-0.2, -0.15) is 0 Å². The number of hydrogen-bond donors (Lipinski definition) is 5. The van der Waals surface area contributed by atoms with E-state index in [4.69, 9.17) is 10.5 Å². The third-order valence-electron chi connectivity index (χ3n) is 6.39. The first-order valence-corrected chi connectivity index (χ1v) is 13.1. The lowest BCUT2D eigenvalue weighted by atomic mass is 10.0. The van der Waals surface area contributed by atoms with Crippen LogP contribution < -0.4 is 16.4 Å². The Hall–Kier alpha value is -3.83. The number of rotatable bonds is 12. The average Bonchev–Trinajstić information content (AvgIpc) is 2.95. The molecule has 2 aromatic heterocycles. The summed E-state index contributed by atoms with van der Waals surface area (Å²) in [6.07, 6.45) is 3.11. The maximum absolute atomic E-state index is 12.3. The van der Waals surface area contributed by atoms with E-state index in [9.17, 15) is 15.0 Å². The lowest BCUT2D eigenvalue weighted by molar-refractivity contribution is -0.162. The smallest absolute Gasteiger partial charge is 0.251 e. The fourth-order valence-electron chi connectivity index (χ4n) is 4.31. The minimum atomic E-state index is -1.21. The zero-order valence-electron chi connectivity index (χ0n) is 21.8. The highest BCUT2D eigenvalue weighted by Crippen LogP contribution is 2.15. The standard InChI is InChI=1S/C29H36N6O4/c30-22(18-35(19-24-5-1-3-13-31-24)20-25-6-2-4-14-32-25)17-34-23-9-7-21(8-10-23)11-15-33-29(38)28-27(37)26(36)12-16-39-28/h1-10,13-14,17,26-28,34,36-37H,11-12,15-16,18-20,30H2,(H,33,38)/b22-17-. The van der Waals surface area contributed by atoms with Crippen molar-refractivity contribution in [3.8, 4) is 0 Å². The fraction of sp³-hybridized carbons (Fsp3) is 0.345. The van der Waals surface area contributed by atoms with Crippen molar-refractivity contribution in [1.82, 2.24) is 20.2 Å². The van der Waals surface area contributed by atoms with Crippen molar-refractivity contribution in [3.05, 3.63) is 102 Å². The van der Waals surface area contributed by atoms with Gasteiger partial charge in [0.2, 0.25) is 0 Å². The molecule has 0 spiro atoms. The van der Waals surface area contributed by atoms with Gasteiger partial charge in [0.1, 0.15) is 6.10 Å². The number of aliphatic hydroxyl groups is 2. The third kappa shape index (κ3) is 8.86. The van der Waals surface area contributed by atoms with Crippen LogP contribution in [0.4, 0.5) is 5.69 Å². The molecule has 3 heterocycles. The number of aliphatic hydroxyl groups excluding tert-OH is 2. The number of nitrogens with two attached hydrogens (primary N) is 1. The van der Waals surface area contributed by atoms with E-state index in [0.717, 1.165) is 22.6 Å². The molecule has 1 fully saturated rings. The van der Waals surface area contributed by atoms with Crippen LogP contribution in [0.25, 0.3) is 0 Å². The maximum atomic E-state index is 12.3. The van der Waals surface area contributed by atoms with Gasteiger partial charge in [-0.15, -0.1) is 0 Å². The third-order valence-corrected chi connectivity index (χ3v) is 6.39. The van der Waals surface area contributed by atoms with Gasteiger partial charge >= 0.3 is 0 Å². The van der Waals surface area contributed by atoms with Crippen LogP contribution >= 0.6 is 0 Å². The Kier molecular flexibility index (Phi) is 10.4. The summed E-state index contributed by atoms with van der Waals surface area (Å²) >= 11 is 0. The van der Waals surface area contributed by atoms with Gasteiger partial charge in [-0.3, -0.25) is 19.7 Å². The number of hydrogen-bond acceptors (Lipinski definition) is 9. The number of pyridine rings is 2. The van der Waals surface area contributed by atoms with Crippen LogP contribution in [0.5, 0.6) is 0 Å². The van der Waals surface area contributed by atoms with Crippen molar-refractivity contribution in [2.45, 2.75) is 44.2 Å². The first-order valence-electron chi connectivity index (χ1n) is 13.1. The van der Waals surface area contributed by atoms with E-state index in [2.05, 4.69) is 25.5 Å². The number of ether oxygens (including phenoxy) is 1. The minimum absolute atomic E-state index is 0.246. The molecule has 1 amide bonds. The number of benzene rings is 1. The summed E-state index contributed by atoms with van der Waals surface area (Å²) in [6.45, 7) is 2.46. The molecule has 39 heavy (non-hydrogen) atoms. The molecule has 3 atom stereocenters. The number of carbonyl (C=O) groups is 1. The summed E-state index contributed by atoms with van der Waals surface area (Å²) < 4.78 is 5.32. The monoisotopic (exact) mass is 532 g/mol. The van der Waals surface area contributed by atoms with E-state index in [-0.39, 0.29) is 6.61 Å². The van der Waals surface area contributed by atoms with Crippen LogP contribution in [0.2, 0.25) is 0 Å². The Morgan fingerprint density at radius 3 is 2.31 bits per heavy atom. The number of amides is 1. The molecule has 1 saturated heterocycles. The second-order valence-electron chi connectivity index (χ2n) is 9.53. The predicted octanol–water partition coefficient (Wildman–Crippen LogP) is 1.56. The van der Waals surface area contributed by atoms with Crippen LogP contribution in [0.1, 0.15) is 23.4 Å². The average molecular weight is 533 g/mol. The zero-order valence-corrected chi connectivity index (χ0v) is 21.8. The van der Waals surface area contributed by atoms with Gasteiger partial charge in [-0.25, -0.2) is 0 Å². The lowest BCUT2D eigenvalue weighted by Gasteiger charge is -2.30. The highest BCUT2D eigenvalue weighted by atomic mass is 16.5. The number of carbonyl (C=O) groups excluding carboxylic acids is 1. The van der Waals surface area contributed by atoms with Gasteiger partial charge in [0.05, 0.1) is 24.1 Å². The Morgan fingerprint density at radius 2 is 1.69 bits per heavy atom. The SMILES string of the molecule is N/C(=C\Nc1ccc(CCNC(=O)C2OCCC(O)C2O)cc1)CN(Cc1ccccn1)Cc1ccccn1. The summed E-state index contributed by atoms with van der Waals surface area (Å²) in [7, 11) is 0. The predicted molar refractivity (Wildman–Crippen MR) is 148 cm³/mol. The largest absolute Gasteiger partial charge is 0.400 e. The number of anilines is 1. The molecule has 10 nitrogen and oxygen atoms in total. The van der Waals surface area contributed by atoms with E-state index in [1.807, 2.05) is 60.7 Å². The molecule has 3 unspecified atom stereocenters. The topological polar surface area (TPSA) is 146 Å². The molecule has 1 aliphatic rings. The molecule has 0 saturated carbocycles. The van der Waals surface area contributed by atoms with Gasteiger partial charge in [0.25, 0.3) is 5.91 Å². The molecule has 0 bridgehead atoms. The van der Waals surface area contributed by atoms with Gasteiger partial charge in [0, 0.05) is 56.2 Å². The number of aromatic nitrogens is 2. The Labute approximate surface area is 228 Å². The lowest BCUT2D eigenvalue weighted by Crippen LogP contribution is -2.52. The maximum Gasteiger partial charge on any atom is 0.251 e. The van der Waals surface area contributed by atoms with Crippen LogP contribution in [0.3, 0.4) is 0 Å². The molecule has 0 radical (unpaired) electrons. The minimum Gasteiger partial charge on any atom is -0.400 e. The van der Waals surface area contributed by atoms with E-state index >= 15 is 0 Å². The van der Waals surface area contributed by atoms with Crippen molar-refractivity contribution in [3.63, 3.8) is 0 Å². The molecule has 10 heteroatoms. The van der Waals surface area contributed by atoms with Gasteiger partial charge in [-0.1, -0.05) is 24.3 Å². The summed E-state index contributed by atoms with van der Waals surface area (Å²) in [5.41, 5.74) is 10.9. The van der Waals surface area contributed by atoms with E-state index in [0.29, 0.717) is 44.7 Å². The first-order chi connectivity index (χ1) is 19.0. The summed E-state index contributed by atoms with van der Waals surface area (Å²) in [4.78, 5) is 23.4. The molecule has 1 aromatic carbocycles. The Morgan fingerprint density at radius 1 is 1.03 bits per heavy atom. The van der Waals surface area contributed by atoms with E-state index in [1.54, 1.807) is 18.6 Å². The molecule has 3 aromatic rings. The molecular formula is C29H36N6O4. The summed E-state index contributed by atoms with van der Waals surface area (Å²) in [5, 5.41) is 25.7. The fourth-order valence-corrected chi connectivity index (χ4v) is 4.31. The number of nitrogens with one attached hydrogen (secondary N) is 2. The second kappa shape index (κ2) is 14.4. The molecular weight excluding hydrogens is 496 g/mol. The number of nitrogens with zero attached hydrogens (tertiary/aromatic N) is 3. The molecule has 0 aliphatic carbocycles. The molecule has 1 aliphatic heterocycles. The van der Waals surface area contributed by atoms with Crippen molar-refractivity contribution in [2.75, 3.05) is 25.0 Å². The van der Waals surface area contributed by atoms with Gasteiger partial charge in [-0.05, 0) is 54.8 Å². The molecule has 4 rings (SSSR count). The van der Waals surface area contributed by atoms with Crippen LogP contribution in [-0.4, -0.2) is 69.0 Å². The summed E-state index contributed by atoms with van der Waals surface area (Å²) in [6, 6.07) is 19.6. The Bertz CT molecular complexity index is 1150. The van der Waals surface area contributed by atoms with Crippen LogP contribution in [-0.2, 0) is 29.0 Å². The van der Waals surface area contributed by atoms with Gasteiger partial charge < -0.3 is 31.3 Å². The first kappa shape index (κ1) is 28.2. The Balaban J connectivity index is 1.26. The highest BCUT2D eigenvalue weighted by molar-refractivity contribution is 5.81.